The number of aliphatic hydroxyl groups is 1. The summed E-state index contributed by atoms with van der Waals surface area (Å²) in [7, 11) is 0. The predicted octanol–water partition coefficient (Wildman–Crippen LogP) is 1.50. The standard InChI is InChI=1S/C7H9F2NO3.C5H5NO2.C2H6O/c1-4(2)6(11)10-7(12)13-3-5(8)9;1-4(2)5(8)6-3-7;1-2-3/h5H,1,3H2,2H3,(H,10,11,12);1H2,2H3;3H,2H2,1H3. The second-order valence-corrected chi connectivity index (χ2v) is 3.83. The van der Waals surface area contributed by atoms with Gasteiger partial charge in [-0.05, 0) is 20.8 Å². The Bertz CT molecular complexity index is 495. The van der Waals surface area contributed by atoms with Gasteiger partial charge in [0.25, 0.3) is 18.2 Å². The molecule has 2 N–H and O–H groups in total. The third kappa shape index (κ3) is 21.6. The normalized spacial score (nSPS) is 8.29. The van der Waals surface area contributed by atoms with Gasteiger partial charge in [-0.3, -0.25) is 14.9 Å². The van der Waals surface area contributed by atoms with Crippen LogP contribution in [0.2, 0.25) is 0 Å². The summed E-state index contributed by atoms with van der Waals surface area (Å²) >= 11 is 0. The molecule has 0 aliphatic heterocycles. The van der Waals surface area contributed by atoms with E-state index in [-0.39, 0.29) is 17.8 Å². The fourth-order valence-electron chi connectivity index (χ4n) is 0.511. The number of aliphatic hydroxyl groups excluding tert-OH is 1. The zero-order valence-corrected chi connectivity index (χ0v) is 13.6. The first-order valence-electron chi connectivity index (χ1n) is 6.33. The van der Waals surface area contributed by atoms with Gasteiger partial charge in [-0.2, -0.15) is 0 Å². The molecule has 0 saturated carbocycles. The summed E-state index contributed by atoms with van der Waals surface area (Å²) in [6, 6.07) is 0. The van der Waals surface area contributed by atoms with Crippen molar-refractivity contribution >= 4 is 24.0 Å². The number of amides is 3. The van der Waals surface area contributed by atoms with Crippen LogP contribution in [0.5, 0.6) is 0 Å². The van der Waals surface area contributed by atoms with E-state index in [4.69, 9.17) is 5.11 Å². The molecule has 0 saturated heterocycles. The molecular formula is C14H20F2N2O6. The Morgan fingerprint density at radius 3 is 1.96 bits per heavy atom. The Hall–Kier alpha value is -2.71. The minimum absolute atomic E-state index is 0.0917. The van der Waals surface area contributed by atoms with Gasteiger partial charge in [0.2, 0.25) is 6.08 Å². The van der Waals surface area contributed by atoms with Crippen LogP contribution in [0.25, 0.3) is 0 Å². The van der Waals surface area contributed by atoms with Crippen LogP contribution < -0.4 is 5.32 Å². The van der Waals surface area contributed by atoms with Gasteiger partial charge < -0.3 is 9.84 Å². The molecule has 0 unspecified atom stereocenters. The third-order valence-electron chi connectivity index (χ3n) is 1.46. The Labute approximate surface area is 137 Å². The molecule has 0 aliphatic rings. The maximum absolute atomic E-state index is 11.5. The SMILES string of the molecule is C=C(C)C(=O)N=C=O.C=C(C)C(=O)NC(=O)OCC(F)F.CCO. The van der Waals surface area contributed by atoms with Crippen molar-refractivity contribution in [3.05, 3.63) is 24.3 Å². The first-order chi connectivity index (χ1) is 11.0. The molecule has 0 aromatic heterocycles. The van der Waals surface area contributed by atoms with E-state index in [0.29, 0.717) is 0 Å². The topological polar surface area (TPSA) is 122 Å². The number of aliphatic imine (C=N–C) groups is 1. The average Bonchev–Trinajstić information content (AvgIpc) is 2.46. The lowest BCUT2D eigenvalue weighted by molar-refractivity contribution is -0.117. The molecule has 0 aromatic rings. The van der Waals surface area contributed by atoms with E-state index in [1.165, 1.54) is 13.8 Å². The van der Waals surface area contributed by atoms with Crippen molar-refractivity contribution in [3.8, 4) is 0 Å². The molecule has 0 spiro atoms. The van der Waals surface area contributed by atoms with Crippen molar-refractivity contribution in [1.29, 1.82) is 0 Å². The number of imide groups is 1. The number of nitrogens with one attached hydrogen (secondary N) is 1. The fourth-order valence-corrected chi connectivity index (χ4v) is 0.511. The maximum atomic E-state index is 11.5. The van der Waals surface area contributed by atoms with Crippen molar-refractivity contribution < 1.29 is 37.8 Å². The highest BCUT2D eigenvalue weighted by molar-refractivity contribution is 6.01. The predicted molar refractivity (Wildman–Crippen MR) is 81.0 cm³/mol. The summed E-state index contributed by atoms with van der Waals surface area (Å²) in [6.07, 6.45) is -2.83. The van der Waals surface area contributed by atoms with E-state index >= 15 is 0 Å². The third-order valence-corrected chi connectivity index (χ3v) is 1.46. The van der Waals surface area contributed by atoms with Crippen LogP contribution in [0.3, 0.4) is 0 Å². The molecule has 3 amide bonds. The number of rotatable bonds is 4. The highest BCUT2D eigenvalue weighted by Crippen LogP contribution is 1.93. The molecule has 0 aromatic carbocycles. The molecule has 0 aliphatic carbocycles. The second kappa shape index (κ2) is 16.7. The van der Waals surface area contributed by atoms with E-state index in [1.54, 1.807) is 12.2 Å². The van der Waals surface area contributed by atoms with Crippen LogP contribution in [0.1, 0.15) is 20.8 Å². The molecule has 10 heteroatoms. The van der Waals surface area contributed by atoms with Crippen molar-refractivity contribution in [1.82, 2.24) is 5.32 Å². The zero-order valence-electron chi connectivity index (χ0n) is 13.6. The van der Waals surface area contributed by atoms with Crippen LogP contribution in [0.15, 0.2) is 29.3 Å². The van der Waals surface area contributed by atoms with Crippen LogP contribution in [-0.4, -0.2) is 48.7 Å². The highest BCUT2D eigenvalue weighted by Gasteiger charge is 2.11. The van der Waals surface area contributed by atoms with E-state index in [2.05, 4.69) is 22.9 Å². The lowest BCUT2D eigenvalue weighted by atomic mass is 10.3. The molecule has 0 bridgehead atoms. The van der Waals surface area contributed by atoms with Crippen LogP contribution >= 0.6 is 0 Å². The maximum Gasteiger partial charge on any atom is 0.414 e. The molecule has 0 rings (SSSR count). The smallest absolute Gasteiger partial charge is 0.414 e. The lowest BCUT2D eigenvalue weighted by Gasteiger charge is -2.04. The number of alkyl carbamates (subject to hydrolysis) is 1. The number of carbonyl (C=O) groups excluding carboxylic acids is 4. The largest absolute Gasteiger partial charge is 0.443 e. The minimum atomic E-state index is -2.74. The summed E-state index contributed by atoms with van der Waals surface area (Å²) < 4.78 is 26.9. The summed E-state index contributed by atoms with van der Waals surface area (Å²) in [5.41, 5.74) is 0.336. The highest BCUT2D eigenvalue weighted by atomic mass is 19.3. The molecule has 24 heavy (non-hydrogen) atoms. The number of carbonyl (C=O) groups is 3. The zero-order chi connectivity index (χ0) is 19.7. The van der Waals surface area contributed by atoms with Gasteiger partial charge in [-0.1, -0.05) is 13.2 Å². The summed E-state index contributed by atoms with van der Waals surface area (Å²) in [5, 5.41) is 9.27. The summed E-state index contributed by atoms with van der Waals surface area (Å²) in [4.78, 5) is 43.6. The Balaban J connectivity index is -0.000000341. The van der Waals surface area contributed by atoms with E-state index in [9.17, 15) is 28.0 Å². The first kappa shape index (κ1) is 26.2. The Morgan fingerprint density at radius 1 is 1.25 bits per heavy atom. The number of alkyl halides is 2. The minimum Gasteiger partial charge on any atom is -0.443 e. The summed E-state index contributed by atoms with van der Waals surface area (Å²) in [6.45, 7) is 10.2. The molecule has 136 valence electrons. The number of isocyanates is 1. The number of nitrogens with zero attached hydrogens (tertiary/aromatic N) is 1. The number of hydrogen-bond donors (Lipinski definition) is 2. The molecule has 0 fully saturated rings. The Kier molecular flexibility index (Phi) is 18.2. The van der Waals surface area contributed by atoms with Gasteiger partial charge in [0, 0.05) is 17.8 Å². The van der Waals surface area contributed by atoms with Gasteiger partial charge in [0.15, 0.2) is 6.61 Å². The number of hydrogen-bond acceptors (Lipinski definition) is 6. The van der Waals surface area contributed by atoms with Crippen LogP contribution in [0, 0.1) is 0 Å². The Morgan fingerprint density at radius 2 is 1.71 bits per heavy atom. The number of ether oxygens (including phenoxy) is 1. The van der Waals surface area contributed by atoms with Gasteiger partial charge in [0.1, 0.15) is 0 Å². The van der Waals surface area contributed by atoms with Crippen molar-refractivity contribution in [2.75, 3.05) is 13.2 Å². The first-order valence-corrected chi connectivity index (χ1v) is 6.33. The fraction of sp³-hybridized carbons (Fsp3) is 0.429. The van der Waals surface area contributed by atoms with Gasteiger partial charge >= 0.3 is 6.09 Å². The average molecular weight is 350 g/mol. The summed E-state index contributed by atoms with van der Waals surface area (Å²) in [5.74, 6) is -1.36. The lowest BCUT2D eigenvalue weighted by Crippen LogP contribution is -2.32. The quantitative estimate of drug-likeness (QED) is 0.450. The monoisotopic (exact) mass is 350 g/mol. The van der Waals surface area contributed by atoms with Crippen molar-refractivity contribution in [2.45, 2.75) is 27.2 Å². The van der Waals surface area contributed by atoms with Gasteiger partial charge in [-0.25, -0.2) is 18.4 Å². The number of halogens is 2. The van der Waals surface area contributed by atoms with Crippen LogP contribution in [0.4, 0.5) is 13.6 Å². The van der Waals surface area contributed by atoms with E-state index < -0.39 is 30.9 Å². The molecule has 0 atom stereocenters. The molecular weight excluding hydrogens is 330 g/mol. The molecule has 0 radical (unpaired) electrons. The van der Waals surface area contributed by atoms with Gasteiger partial charge in [0.05, 0.1) is 0 Å². The molecule has 0 heterocycles. The van der Waals surface area contributed by atoms with E-state index in [0.717, 1.165) is 6.08 Å². The second-order valence-electron chi connectivity index (χ2n) is 3.83. The van der Waals surface area contributed by atoms with Crippen molar-refractivity contribution in [3.63, 3.8) is 0 Å². The van der Waals surface area contributed by atoms with E-state index in [1.807, 2.05) is 0 Å². The van der Waals surface area contributed by atoms with Gasteiger partial charge in [-0.15, -0.1) is 4.99 Å². The molecule has 8 nitrogen and oxygen atoms in total. The van der Waals surface area contributed by atoms with Crippen LogP contribution in [-0.2, 0) is 19.1 Å². The van der Waals surface area contributed by atoms with Crippen molar-refractivity contribution in [2.24, 2.45) is 4.99 Å².